The molecule has 2 rings (SSSR count). The van der Waals surface area contributed by atoms with Crippen LogP contribution in [0, 0.1) is 22.9 Å². The standard InChI is InChI=1S/C15H12ClFN2O4/c1-9-2-3-10(17)6-13(9)18-15(20)8-23-14-5-4-11(19(21)22)7-12(14)16/h2-7H,8H2,1H3,(H,18,20). The van der Waals surface area contributed by atoms with Crippen molar-refractivity contribution in [2.45, 2.75) is 6.92 Å². The second kappa shape index (κ2) is 7.06. The summed E-state index contributed by atoms with van der Waals surface area (Å²) in [6, 6.07) is 7.69. The fourth-order valence-electron chi connectivity index (χ4n) is 1.78. The zero-order valence-corrected chi connectivity index (χ0v) is 12.8. The van der Waals surface area contributed by atoms with Gasteiger partial charge in [-0.25, -0.2) is 4.39 Å². The maximum atomic E-state index is 13.1. The first-order valence-corrected chi connectivity index (χ1v) is 6.87. The smallest absolute Gasteiger partial charge is 0.271 e. The van der Waals surface area contributed by atoms with E-state index >= 15 is 0 Å². The number of nitro groups is 1. The van der Waals surface area contributed by atoms with Crippen molar-refractivity contribution in [3.8, 4) is 5.75 Å². The van der Waals surface area contributed by atoms with Crippen LogP contribution in [0.15, 0.2) is 36.4 Å². The second-order valence-electron chi connectivity index (χ2n) is 4.67. The van der Waals surface area contributed by atoms with Crippen LogP contribution in [0.4, 0.5) is 15.8 Å². The number of nitrogens with zero attached hydrogens (tertiary/aromatic N) is 1. The van der Waals surface area contributed by atoms with E-state index in [1.54, 1.807) is 13.0 Å². The minimum absolute atomic E-state index is 0.0222. The quantitative estimate of drug-likeness (QED) is 0.665. The van der Waals surface area contributed by atoms with Gasteiger partial charge < -0.3 is 10.1 Å². The number of halogens is 2. The topological polar surface area (TPSA) is 81.5 Å². The van der Waals surface area contributed by atoms with Gasteiger partial charge in [0.15, 0.2) is 6.61 Å². The first-order chi connectivity index (χ1) is 10.9. The highest BCUT2D eigenvalue weighted by Gasteiger charge is 2.12. The van der Waals surface area contributed by atoms with Crippen molar-refractivity contribution in [3.63, 3.8) is 0 Å². The highest BCUT2D eigenvalue weighted by atomic mass is 35.5. The summed E-state index contributed by atoms with van der Waals surface area (Å²) in [7, 11) is 0. The number of rotatable bonds is 5. The third-order valence-electron chi connectivity index (χ3n) is 2.96. The minimum Gasteiger partial charge on any atom is -0.482 e. The molecule has 0 saturated heterocycles. The lowest BCUT2D eigenvalue weighted by Gasteiger charge is -2.10. The van der Waals surface area contributed by atoms with Crippen LogP contribution in [0.1, 0.15) is 5.56 Å². The zero-order chi connectivity index (χ0) is 17.0. The largest absolute Gasteiger partial charge is 0.482 e. The Morgan fingerprint density at radius 2 is 2.09 bits per heavy atom. The van der Waals surface area contributed by atoms with E-state index in [-0.39, 0.29) is 23.1 Å². The SMILES string of the molecule is Cc1ccc(F)cc1NC(=O)COc1ccc([N+](=O)[O-])cc1Cl. The monoisotopic (exact) mass is 338 g/mol. The first kappa shape index (κ1) is 16.7. The zero-order valence-electron chi connectivity index (χ0n) is 12.0. The number of ether oxygens (including phenoxy) is 1. The van der Waals surface area contributed by atoms with E-state index in [4.69, 9.17) is 16.3 Å². The van der Waals surface area contributed by atoms with Crippen molar-refractivity contribution in [1.82, 2.24) is 0 Å². The van der Waals surface area contributed by atoms with Gasteiger partial charge in [-0.05, 0) is 30.7 Å². The molecule has 0 aliphatic carbocycles. The van der Waals surface area contributed by atoms with Gasteiger partial charge >= 0.3 is 0 Å². The molecule has 0 aromatic heterocycles. The fraction of sp³-hybridized carbons (Fsp3) is 0.133. The number of nitro benzene ring substituents is 1. The van der Waals surface area contributed by atoms with E-state index < -0.39 is 16.6 Å². The normalized spacial score (nSPS) is 10.2. The number of carbonyl (C=O) groups excluding carboxylic acids is 1. The van der Waals surface area contributed by atoms with Crippen LogP contribution in [-0.4, -0.2) is 17.4 Å². The van der Waals surface area contributed by atoms with E-state index in [0.29, 0.717) is 11.3 Å². The molecular formula is C15H12ClFN2O4. The van der Waals surface area contributed by atoms with Crippen LogP contribution in [0.3, 0.4) is 0 Å². The average molecular weight is 339 g/mol. The predicted molar refractivity (Wildman–Crippen MR) is 83.4 cm³/mol. The Hall–Kier alpha value is -2.67. The third-order valence-corrected chi connectivity index (χ3v) is 3.25. The van der Waals surface area contributed by atoms with Crippen LogP contribution >= 0.6 is 11.6 Å². The average Bonchev–Trinajstić information content (AvgIpc) is 2.49. The van der Waals surface area contributed by atoms with Gasteiger partial charge in [-0.3, -0.25) is 14.9 Å². The van der Waals surface area contributed by atoms with Gasteiger partial charge in [0.05, 0.1) is 9.95 Å². The van der Waals surface area contributed by atoms with Crippen molar-refractivity contribution in [2.24, 2.45) is 0 Å². The van der Waals surface area contributed by atoms with Crippen molar-refractivity contribution in [2.75, 3.05) is 11.9 Å². The van der Waals surface area contributed by atoms with Gasteiger partial charge in [-0.2, -0.15) is 0 Å². The van der Waals surface area contributed by atoms with Gasteiger partial charge in [-0.15, -0.1) is 0 Å². The molecule has 2 aromatic carbocycles. The van der Waals surface area contributed by atoms with Crippen LogP contribution in [0.25, 0.3) is 0 Å². The summed E-state index contributed by atoms with van der Waals surface area (Å²) in [4.78, 5) is 21.8. The molecule has 0 atom stereocenters. The number of hydrogen-bond acceptors (Lipinski definition) is 4. The molecule has 1 amide bonds. The molecular weight excluding hydrogens is 327 g/mol. The van der Waals surface area contributed by atoms with E-state index in [1.807, 2.05) is 0 Å². The fourth-order valence-corrected chi connectivity index (χ4v) is 2.01. The Labute approximate surface area is 136 Å². The summed E-state index contributed by atoms with van der Waals surface area (Å²) in [5, 5.41) is 13.1. The molecule has 1 N–H and O–H groups in total. The van der Waals surface area contributed by atoms with E-state index in [9.17, 15) is 19.3 Å². The lowest BCUT2D eigenvalue weighted by Crippen LogP contribution is -2.20. The van der Waals surface area contributed by atoms with Crippen molar-refractivity contribution in [1.29, 1.82) is 0 Å². The molecule has 0 fully saturated rings. The van der Waals surface area contributed by atoms with Crippen LogP contribution in [0.2, 0.25) is 5.02 Å². The van der Waals surface area contributed by atoms with Gasteiger partial charge in [0.2, 0.25) is 0 Å². The molecule has 0 heterocycles. The minimum atomic E-state index is -0.588. The number of anilines is 1. The molecule has 2 aromatic rings. The van der Waals surface area contributed by atoms with E-state index in [2.05, 4.69) is 5.32 Å². The van der Waals surface area contributed by atoms with Crippen molar-refractivity contribution < 1.29 is 18.8 Å². The summed E-state index contributed by atoms with van der Waals surface area (Å²) in [5.41, 5.74) is 0.865. The van der Waals surface area contributed by atoms with Crippen LogP contribution in [-0.2, 0) is 4.79 Å². The molecule has 0 aliphatic rings. The summed E-state index contributed by atoms with van der Waals surface area (Å²) in [6.07, 6.45) is 0. The van der Waals surface area contributed by atoms with Crippen LogP contribution in [0.5, 0.6) is 5.75 Å². The Morgan fingerprint density at radius 3 is 2.74 bits per heavy atom. The molecule has 23 heavy (non-hydrogen) atoms. The lowest BCUT2D eigenvalue weighted by molar-refractivity contribution is -0.384. The number of amides is 1. The van der Waals surface area contributed by atoms with Gasteiger partial charge in [-0.1, -0.05) is 17.7 Å². The molecule has 0 radical (unpaired) electrons. The summed E-state index contributed by atoms with van der Waals surface area (Å²) >= 11 is 5.85. The molecule has 6 nitrogen and oxygen atoms in total. The molecule has 0 bridgehead atoms. The van der Waals surface area contributed by atoms with Crippen molar-refractivity contribution in [3.05, 3.63) is 62.9 Å². The number of nitrogens with one attached hydrogen (secondary N) is 1. The first-order valence-electron chi connectivity index (χ1n) is 6.49. The molecule has 0 spiro atoms. The number of carbonyl (C=O) groups is 1. The van der Waals surface area contributed by atoms with Gasteiger partial charge in [0, 0.05) is 17.8 Å². The highest BCUT2D eigenvalue weighted by Crippen LogP contribution is 2.28. The lowest BCUT2D eigenvalue weighted by atomic mass is 10.2. The Kier molecular flexibility index (Phi) is 5.13. The molecule has 0 unspecified atom stereocenters. The summed E-state index contributed by atoms with van der Waals surface area (Å²) in [5.74, 6) is -0.832. The summed E-state index contributed by atoms with van der Waals surface area (Å²) < 4.78 is 18.4. The van der Waals surface area contributed by atoms with Crippen LogP contribution < -0.4 is 10.1 Å². The Bertz CT molecular complexity index is 767. The number of benzene rings is 2. The number of non-ortho nitro benzene ring substituents is 1. The molecule has 0 aliphatic heterocycles. The number of aryl methyl sites for hydroxylation is 1. The van der Waals surface area contributed by atoms with Gasteiger partial charge in [0.1, 0.15) is 11.6 Å². The maximum Gasteiger partial charge on any atom is 0.271 e. The predicted octanol–water partition coefficient (Wildman–Crippen LogP) is 3.71. The highest BCUT2D eigenvalue weighted by molar-refractivity contribution is 6.32. The third kappa shape index (κ3) is 4.40. The molecule has 120 valence electrons. The summed E-state index contributed by atoms with van der Waals surface area (Å²) in [6.45, 7) is 1.36. The Balaban J connectivity index is 1.99. The maximum absolute atomic E-state index is 13.1. The second-order valence-corrected chi connectivity index (χ2v) is 5.08. The van der Waals surface area contributed by atoms with E-state index in [1.165, 1.54) is 24.3 Å². The Morgan fingerprint density at radius 1 is 1.35 bits per heavy atom. The van der Waals surface area contributed by atoms with Gasteiger partial charge in [0.25, 0.3) is 11.6 Å². The molecule has 0 saturated carbocycles. The number of hydrogen-bond donors (Lipinski definition) is 1. The molecule has 8 heteroatoms. The van der Waals surface area contributed by atoms with Crippen molar-refractivity contribution >= 4 is 28.9 Å². The van der Waals surface area contributed by atoms with E-state index in [0.717, 1.165) is 6.07 Å².